The summed E-state index contributed by atoms with van der Waals surface area (Å²) in [4.78, 5) is 20.9. The molecule has 1 aliphatic rings. The number of pyridine rings is 1. The Balaban J connectivity index is 1.15. The smallest absolute Gasteiger partial charge is 0.164 e. The van der Waals surface area contributed by atoms with Gasteiger partial charge in [-0.2, -0.15) is 0 Å². The highest BCUT2D eigenvalue weighted by Gasteiger charge is 2.25. The van der Waals surface area contributed by atoms with E-state index in [1.54, 1.807) is 0 Å². The molecule has 0 amide bonds. The van der Waals surface area contributed by atoms with Gasteiger partial charge in [0.25, 0.3) is 0 Å². The first-order valence-corrected chi connectivity index (χ1v) is 23.2. The van der Waals surface area contributed by atoms with Crippen LogP contribution in [0.1, 0.15) is 11.3 Å². The molecule has 4 aromatic heterocycles. The van der Waals surface area contributed by atoms with Gasteiger partial charge in [0.2, 0.25) is 0 Å². The molecule has 322 valence electrons. The van der Waals surface area contributed by atoms with Gasteiger partial charge in [-0.15, -0.1) is 0 Å². The van der Waals surface area contributed by atoms with Crippen LogP contribution in [0.4, 0.5) is 0 Å². The maximum Gasteiger partial charge on any atom is 0.164 e. The summed E-state index contributed by atoms with van der Waals surface area (Å²) in [7, 11) is 0. The second-order valence-corrected chi connectivity index (χ2v) is 17.2. The summed E-state index contributed by atoms with van der Waals surface area (Å²) >= 11 is 0. The normalized spacial score (nSPS) is 12.1. The van der Waals surface area contributed by atoms with Crippen LogP contribution in [0.2, 0.25) is 0 Å². The minimum absolute atomic E-state index is 0.563. The monoisotopic (exact) mass is 880 g/mol. The van der Waals surface area contributed by atoms with Crippen LogP contribution >= 0.6 is 0 Å². The Hall–Kier alpha value is -9.44. The molecule has 1 aliphatic carbocycles. The zero-order chi connectivity index (χ0) is 45.7. The van der Waals surface area contributed by atoms with Crippen molar-refractivity contribution >= 4 is 38.8 Å². The highest BCUT2D eigenvalue weighted by Crippen LogP contribution is 2.43. The topological polar surface area (TPSA) is 61.4 Å². The SMILES string of the molecule is c1ccc2c(c#1)c1ccc3c4c(n(-c5ccccc5)c3c1n2-c1cc(-c2cc(-c3ccccc3)nc(-c3ccccc3)c2)cc(-c2nc(-c3ccccc3)nc(-c3ccccc3)n2)c1)C=CC=CC4. The van der Waals surface area contributed by atoms with Crippen molar-refractivity contribution in [2.45, 2.75) is 6.42 Å². The van der Waals surface area contributed by atoms with Crippen LogP contribution in [-0.2, 0) is 6.42 Å². The maximum absolute atomic E-state index is 5.30. The lowest BCUT2D eigenvalue weighted by atomic mass is 9.97. The average molecular weight is 881 g/mol. The quantitative estimate of drug-likeness (QED) is 0.153. The van der Waals surface area contributed by atoms with Gasteiger partial charge in [-0.05, 0) is 83.8 Å². The van der Waals surface area contributed by atoms with E-state index in [9.17, 15) is 0 Å². The fraction of sp³-hybridized carbons (Fsp3) is 0.0159. The van der Waals surface area contributed by atoms with Crippen molar-refractivity contribution < 1.29 is 0 Å². The molecule has 0 N–H and O–H groups in total. The Labute approximate surface area is 399 Å². The van der Waals surface area contributed by atoms with Crippen molar-refractivity contribution in [2.75, 3.05) is 0 Å². The molecule has 0 spiro atoms. The van der Waals surface area contributed by atoms with Gasteiger partial charge in [-0.1, -0.05) is 182 Å². The number of hydrogen-bond donors (Lipinski definition) is 0. The van der Waals surface area contributed by atoms with Crippen LogP contribution in [0.15, 0.2) is 224 Å². The van der Waals surface area contributed by atoms with Crippen molar-refractivity contribution in [3.8, 4) is 79.2 Å². The van der Waals surface area contributed by atoms with Crippen LogP contribution in [0.3, 0.4) is 0 Å². The number of hydrogen-bond acceptors (Lipinski definition) is 4. The molecule has 0 saturated heterocycles. The zero-order valence-electron chi connectivity index (χ0n) is 37.3. The minimum Gasteiger partial charge on any atom is -0.308 e. The molecule has 0 radical (unpaired) electrons. The fourth-order valence-corrected chi connectivity index (χ4v) is 9.86. The van der Waals surface area contributed by atoms with Crippen LogP contribution in [0.5, 0.6) is 0 Å². The zero-order valence-corrected chi connectivity index (χ0v) is 37.3. The first kappa shape index (κ1) is 39.9. The lowest BCUT2D eigenvalue weighted by Crippen LogP contribution is -2.03. The summed E-state index contributed by atoms with van der Waals surface area (Å²) < 4.78 is 4.85. The van der Waals surface area contributed by atoms with Crippen molar-refractivity contribution in [3.05, 3.63) is 248 Å². The van der Waals surface area contributed by atoms with E-state index >= 15 is 0 Å². The standard InChI is InChI=1S/C63H40N6/c1-7-21-42(22-8-1)55-40-47(41-56(64-55)43-23-9-2-10-24-43)46-37-48(63-66-61(44-25-11-3-12-26-44)65-62(67-63)45-27-13-4-14-28-45)39-50(38-46)69-58-34-20-19-32-52(58)54-36-35-53-51-31-17-6-18-33-57(51)68(59(53)60(54)69)49-29-15-5-16-30-49/h1-18,20-30,33-41H,31H2. The molecule has 6 nitrogen and oxygen atoms in total. The fourth-order valence-electron chi connectivity index (χ4n) is 9.86. The summed E-state index contributed by atoms with van der Waals surface area (Å²) in [5.41, 5.74) is 16.2. The molecule has 8 aromatic carbocycles. The number of para-hydroxylation sites is 1. The largest absolute Gasteiger partial charge is 0.308 e. The van der Waals surface area contributed by atoms with Crippen LogP contribution in [-0.4, -0.2) is 29.1 Å². The summed E-state index contributed by atoms with van der Waals surface area (Å²) in [6.07, 6.45) is 9.61. The summed E-state index contributed by atoms with van der Waals surface area (Å²) in [6, 6.07) is 78.5. The predicted octanol–water partition coefficient (Wildman–Crippen LogP) is 15.0. The van der Waals surface area contributed by atoms with Gasteiger partial charge in [0.05, 0.1) is 39.0 Å². The highest BCUT2D eigenvalue weighted by atomic mass is 15.1. The third kappa shape index (κ3) is 7.09. The number of benzene rings is 7. The van der Waals surface area contributed by atoms with Gasteiger partial charge in [-0.3, -0.25) is 0 Å². The molecule has 0 bridgehead atoms. The van der Waals surface area contributed by atoms with Crippen molar-refractivity contribution in [1.82, 2.24) is 29.1 Å². The molecule has 0 saturated carbocycles. The van der Waals surface area contributed by atoms with E-state index in [1.165, 1.54) is 16.6 Å². The number of allylic oxidation sites excluding steroid dienone is 3. The van der Waals surface area contributed by atoms with Crippen LogP contribution in [0, 0.1) is 12.1 Å². The van der Waals surface area contributed by atoms with E-state index in [2.05, 4.69) is 173 Å². The van der Waals surface area contributed by atoms with Crippen LogP contribution in [0.25, 0.3) is 118 Å². The van der Waals surface area contributed by atoms with E-state index in [-0.39, 0.29) is 0 Å². The second-order valence-electron chi connectivity index (χ2n) is 17.2. The van der Waals surface area contributed by atoms with Crippen molar-refractivity contribution in [1.29, 1.82) is 0 Å². The molecule has 0 fully saturated rings. The molecule has 4 heterocycles. The lowest BCUT2D eigenvalue weighted by molar-refractivity contribution is 1.07. The van der Waals surface area contributed by atoms with Gasteiger partial charge < -0.3 is 9.13 Å². The number of rotatable bonds is 8. The minimum atomic E-state index is 0.563. The molecule has 0 aliphatic heterocycles. The Morgan fingerprint density at radius 3 is 1.55 bits per heavy atom. The second kappa shape index (κ2) is 16.8. The molecule has 0 unspecified atom stereocenters. The molecule has 69 heavy (non-hydrogen) atoms. The molecular formula is C63H40N6. The molecule has 0 atom stereocenters. The van der Waals surface area contributed by atoms with Gasteiger partial charge in [0.15, 0.2) is 17.5 Å². The summed E-state index contributed by atoms with van der Waals surface area (Å²) in [6.45, 7) is 0. The first-order valence-electron chi connectivity index (χ1n) is 23.2. The van der Waals surface area contributed by atoms with E-state index in [1.807, 2.05) is 78.9 Å². The third-order valence-electron chi connectivity index (χ3n) is 13.0. The van der Waals surface area contributed by atoms with Gasteiger partial charge in [0.1, 0.15) is 0 Å². The van der Waals surface area contributed by atoms with E-state index in [0.29, 0.717) is 17.5 Å². The Morgan fingerprint density at radius 2 is 0.928 bits per heavy atom. The third-order valence-corrected chi connectivity index (χ3v) is 13.0. The Morgan fingerprint density at radius 1 is 0.406 bits per heavy atom. The lowest BCUT2D eigenvalue weighted by Gasteiger charge is -2.17. The first-order chi connectivity index (χ1) is 34.2. The molecule has 12 aromatic rings. The maximum atomic E-state index is 5.30. The average Bonchev–Trinajstić information content (AvgIpc) is 3.82. The van der Waals surface area contributed by atoms with E-state index in [0.717, 1.165) is 95.5 Å². The van der Waals surface area contributed by atoms with Crippen molar-refractivity contribution in [2.24, 2.45) is 0 Å². The summed E-state index contributed by atoms with van der Waals surface area (Å²) in [5, 5.41) is 3.28. The Kier molecular flexibility index (Phi) is 9.69. The molecule has 13 rings (SSSR count). The number of fused-ring (bicyclic) bond motifs is 7. The van der Waals surface area contributed by atoms with Crippen molar-refractivity contribution in [3.63, 3.8) is 0 Å². The highest BCUT2D eigenvalue weighted by molar-refractivity contribution is 6.19. The Bertz CT molecular complexity index is 3690. The number of nitrogens with zero attached hydrogens (tertiary/aromatic N) is 6. The number of aromatic nitrogens is 6. The molecule has 6 heteroatoms. The van der Waals surface area contributed by atoms with Crippen LogP contribution < -0.4 is 0 Å². The van der Waals surface area contributed by atoms with E-state index < -0.39 is 0 Å². The summed E-state index contributed by atoms with van der Waals surface area (Å²) in [5.74, 6) is 1.76. The predicted molar refractivity (Wildman–Crippen MR) is 281 cm³/mol. The van der Waals surface area contributed by atoms with Gasteiger partial charge in [-0.25, -0.2) is 19.9 Å². The van der Waals surface area contributed by atoms with E-state index in [4.69, 9.17) is 19.9 Å². The van der Waals surface area contributed by atoms with Gasteiger partial charge in [0, 0.05) is 50.0 Å². The molecular weight excluding hydrogens is 841 g/mol. The van der Waals surface area contributed by atoms with Gasteiger partial charge >= 0.3 is 0 Å².